The molecule has 1 aromatic heterocycles. The van der Waals surface area contributed by atoms with Crippen molar-refractivity contribution in [1.29, 1.82) is 0 Å². The van der Waals surface area contributed by atoms with Gasteiger partial charge in [0.15, 0.2) is 5.82 Å². The normalized spacial score (nSPS) is 10.7. The Bertz CT molecular complexity index is 496. The molecule has 0 unspecified atom stereocenters. The summed E-state index contributed by atoms with van der Waals surface area (Å²) in [6.45, 7) is 2.53. The lowest BCUT2D eigenvalue weighted by molar-refractivity contribution is 0.422. The lowest BCUT2D eigenvalue weighted by Gasteiger charge is -2.00. The lowest BCUT2D eigenvalue weighted by atomic mass is 10.1. The van der Waals surface area contributed by atoms with Crippen LogP contribution in [-0.2, 0) is 6.42 Å². The van der Waals surface area contributed by atoms with Crippen molar-refractivity contribution in [2.45, 2.75) is 13.3 Å². The van der Waals surface area contributed by atoms with Crippen LogP contribution in [0.1, 0.15) is 11.4 Å². The molecule has 0 radical (unpaired) electrons. The molecule has 1 aromatic carbocycles. The van der Waals surface area contributed by atoms with Crippen LogP contribution in [0, 0.1) is 6.92 Å². The van der Waals surface area contributed by atoms with Gasteiger partial charge >= 0.3 is 0 Å². The van der Waals surface area contributed by atoms with Gasteiger partial charge in [-0.2, -0.15) is 4.98 Å². The van der Waals surface area contributed by atoms with E-state index in [1.165, 1.54) is 0 Å². The predicted molar refractivity (Wildman–Crippen MR) is 64.9 cm³/mol. The van der Waals surface area contributed by atoms with E-state index in [0.717, 1.165) is 15.6 Å². The van der Waals surface area contributed by atoms with Crippen LogP contribution in [0.25, 0.3) is 11.5 Å². The first-order chi connectivity index (χ1) is 7.70. The first kappa shape index (κ1) is 11.3. The molecule has 1 heterocycles. The van der Waals surface area contributed by atoms with E-state index in [4.69, 9.17) is 10.3 Å². The molecule has 0 saturated carbocycles. The van der Waals surface area contributed by atoms with Crippen LogP contribution >= 0.6 is 15.9 Å². The number of rotatable bonds is 3. The van der Waals surface area contributed by atoms with E-state index >= 15 is 0 Å². The molecular weight excluding hydrogens is 270 g/mol. The topological polar surface area (TPSA) is 64.9 Å². The summed E-state index contributed by atoms with van der Waals surface area (Å²) >= 11 is 3.42. The minimum atomic E-state index is 0.526. The van der Waals surface area contributed by atoms with E-state index in [2.05, 4.69) is 26.1 Å². The number of aryl methyl sites for hydroxylation is 1. The van der Waals surface area contributed by atoms with E-state index in [0.29, 0.717) is 24.7 Å². The third-order valence-corrected chi connectivity index (χ3v) is 2.75. The second-order valence-electron chi connectivity index (χ2n) is 3.51. The molecule has 2 rings (SSSR count). The quantitative estimate of drug-likeness (QED) is 0.938. The molecule has 0 fully saturated rings. The number of aromatic nitrogens is 2. The molecule has 16 heavy (non-hydrogen) atoms. The summed E-state index contributed by atoms with van der Waals surface area (Å²) in [5, 5.41) is 3.87. The van der Waals surface area contributed by atoms with Gasteiger partial charge in [-0.25, -0.2) is 0 Å². The molecule has 0 aliphatic rings. The average molecular weight is 282 g/mol. The van der Waals surface area contributed by atoms with E-state index in [9.17, 15) is 0 Å². The molecule has 0 aliphatic carbocycles. The van der Waals surface area contributed by atoms with Crippen LogP contribution in [0.3, 0.4) is 0 Å². The Hall–Kier alpha value is -1.20. The Morgan fingerprint density at radius 1 is 1.44 bits per heavy atom. The Morgan fingerprint density at radius 3 is 2.94 bits per heavy atom. The van der Waals surface area contributed by atoms with Crippen molar-refractivity contribution in [1.82, 2.24) is 10.1 Å². The van der Waals surface area contributed by atoms with Crippen molar-refractivity contribution >= 4 is 15.9 Å². The van der Waals surface area contributed by atoms with E-state index in [1.54, 1.807) is 0 Å². The SMILES string of the molecule is Cc1cc(Br)ccc1-c1nc(CCN)no1. The molecule has 0 amide bonds. The molecule has 0 saturated heterocycles. The average Bonchev–Trinajstić information content (AvgIpc) is 2.67. The largest absolute Gasteiger partial charge is 0.334 e. The minimum absolute atomic E-state index is 0.526. The van der Waals surface area contributed by atoms with Crippen molar-refractivity contribution in [2.75, 3.05) is 6.54 Å². The number of benzene rings is 1. The number of nitrogens with zero attached hydrogens (tertiary/aromatic N) is 2. The minimum Gasteiger partial charge on any atom is -0.334 e. The van der Waals surface area contributed by atoms with Gasteiger partial charge in [-0.15, -0.1) is 0 Å². The monoisotopic (exact) mass is 281 g/mol. The van der Waals surface area contributed by atoms with Crippen LogP contribution in [0.4, 0.5) is 0 Å². The second-order valence-corrected chi connectivity index (χ2v) is 4.43. The smallest absolute Gasteiger partial charge is 0.258 e. The van der Waals surface area contributed by atoms with Crippen molar-refractivity contribution in [3.8, 4) is 11.5 Å². The molecule has 0 aliphatic heterocycles. The van der Waals surface area contributed by atoms with E-state index in [1.807, 2.05) is 25.1 Å². The van der Waals surface area contributed by atoms with Crippen LogP contribution in [-0.4, -0.2) is 16.7 Å². The fraction of sp³-hybridized carbons (Fsp3) is 0.273. The van der Waals surface area contributed by atoms with Crippen molar-refractivity contribution in [3.05, 3.63) is 34.1 Å². The zero-order chi connectivity index (χ0) is 11.5. The van der Waals surface area contributed by atoms with Crippen molar-refractivity contribution in [2.24, 2.45) is 5.73 Å². The summed E-state index contributed by atoms with van der Waals surface area (Å²) in [5.74, 6) is 1.20. The molecule has 2 aromatic rings. The standard InChI is InChI=1S/C11H12BrN3O/c1-7-6-8(12)2-3-9(7)11-14-10(4-5-13)15-16-11/h2-3,6H,4-5,13H2,1H3. The van der Waals surface area contributed by atoms with Crippen LogP contribution in [0.15, 0.2) is 27.2 Å². The number of nitrogens with two attached hydrogens (primary N) is 1. The molecule has 0 bridgehead atoms. The van der Waals surface area contributed by atoms with Gasteiger partial charge in [-0.3, -0.25) is 0 Å². The van der Waals surface area contributed by atoms with Gasteiger partial charge in [0, 0.05) is 16.5 Å². The van der Waals surface area contributed by atoms with Gasteiger partial charge in [0.2, 0.25) is 0 Å². The highest BCUT2D eigenvalue weighted by Gasteiger charge is 2.10. The maximum absolute atomic E-state index is 5.43. The van der Waals surface area contributed by atoms with Gasteiger partial charge < -0.3 is 10.3 Å². The van der Waals surface area contributed by atoms with E-state index in [-0.39, 0.29) is 0 Å². The van der Waals surface area contributed by atoms with Crippen LogP contribution in [0.5, 0.6) is 0 Å². The van der Waals surface area contributed by atoms with Crippen molar-refractivity contribution < 1.29 is 4.52 Å². The molecular formula is C11H12BrN3O. The highest BCUT2D eigenvalue weighted by atomic mass is 79.9. The first-order valence-electron chi connectivity index (χ1n) is 5.00. The Kier molecular flexibility index (Phi) is 3.36. The summed E-state index contributed by atoms with van der Waals surface area (Å²) < 4.78 is 6.23. The van der Waals surface area contributed by atoms with Crippen molar-refractivity contribution in [3.63, 3.8) is 0 Å². The lowest BCUT2D eigenvalue weighted by Crippen LogP contribution is -2.03. The van der Waals surface area contributed by atoms with Gasteiger partial charge in [0.25, 0.3) is 5.89 Å². The molecule has 84 valence electrons. The molecule has 4 nitrogen and oxygen atoms in total. The zero-order valence-electron chi connectivity index (χ0n) is 8.90. The second kappa shape index (κ2) is 4.76. The van der Waals surface area contributed by atoms with Gasteiger partial charge in [0.1, 0.15) is 0 Å². The maximum atomic E-state index is 5.43. The number of halogens is 1. The molecule has 0 spiro atoms. The Morgan fingerprint density at radius 2 is 2.25 bits per heavy atom. The van der Waals surface area contributed by atoms with E-state index < -0.39 is 0 Å². The highest BCUT2D eigenvalue weighted by Crippen LogP contribution is 2.24. The fourth-order valence-electron chi connectivity index (χ4n) is 1.46. The third-order valence-electron chi connectivity index (χ3n) is 2.25. The molecule has 0 atom stereocenters. The Labute approximate surface area is 102 Å². The molecule has 2 N–H and O–H groups in total. The van der Waals surface area contributed by atoms with Gasteiger partial charge in [-0.1, -0.05) is 21.1 Å². The summed E-state index contributed by atoms with van der Waals surface area (Å²) in [7, 11) is 0. The van der Waals surface area contributed by atoms with Crippen LogP contribution < -0.4 is 5.73 Å². The zero-order valence-corrected chi connectivity index (χ0v) is 10.5. The third kappa shape index (κ3) is 2.31. The van der Waals surface area contributed by atoms with Gasteiger partial charge in [-0.05, 0) is 37.2 Å². The Balaban J connectivity index is 2.35. The fourth-order valence-corrected chi connectivity index (χ4v) is 1.94. The summed E-state index contributed by atoms with van der Waals surface area (Å²) in [6.07, 6.45) is 0.638. The molecule has 5 heteroatoms. The summed E-state index contributed by atoms with van der Waals surface area (Å²) in [6, 6.07) is 5.93. The first-order valence-corrected chi connectivity index (χ1v) is 5.79. The summed E-state index contributed by atoms with van der Waals surface area (Å²) in [4.78, 5) is 4.29. The summed E-state index contributed by atoms with van der Waals surface area (Å²) in [5.41, 5.74) is 7.48. The highest BCUT2D eigenvalue weighted by molar-refractivity contribution is 9.10. The number of hydrogen-bond donors (Lipinski definition) is 1. The van der Waals surface area contributed by atoms with Gasteiger partial charge in [0.05, 0.1) is 0 Å². The number of hydrogen-bond acceptors (Lipinski definition) is 4. The maximum Gasteiger partial charge on any atom is 0.258 e. The predicted octanol–water partition coefficient (Wildman–Crippen LogP) is 2.31. The van der Waals surface area contributed by atoms with Crippen LogP contribution in [0.2, 0.25) is 0 Å².